The summed E-state index contributed by atoms with van der Waals surface area (Å²) in [6, 6.07) is 17.1. The van der Waals surface area contributed by atoms with Crippen LogP contribution in [0.2, 0.25) is 0 Å². The van der Waals surface area contributed by atoms with E-state index in [1.54, 1.807) is 12.1 Å². The van der Waals surface area contributed by atoms with Crippen LogP contribution in [0.3, 0.4) is 0 Å². The van der Waals surface area contributed by atoms with Gasteiger partial charge in [-0.2, -0.15) is 0 Å². The molecule has 1 saturated heterocycles. The maximum absolute atomic E-state index is 12.3. The van der Waals surface area contributed by atoms with Crippen LogP contribution in [0.1, 0.15) is 16.2 Å². The summed E-state index contributed by atoms with van der Waals surface area (Å²) in [4.78, 5) is 19.3. The largest absolute Gasteiger partial charge is 0.390 e. The molecule has 0 aliphatic carbocycles. The second kappa shape index (κ2) is 9.84. The highest BCUT2D eigenvalue weighted by molar-refractivity contribution is 5.94. The van der Waals surface area contributed by atoms with E-state index in [2.05, 4.69) is 14.8 Å². The summed E-state index contributed by atoms with van der Waals surface area (Å²) in [5, 5.41) is 13.7. The number of β-amino-alcohol motifs (C(OH)–C–C–N with tert-alkyl or cyclic N) is 1. The van der Waals surface area contributed by atoms with Gasteiger partial charge in [0.25, 0.3) is 5.91 Å². The average molecular weight is 409 g/mol. The lowest BCUT2D eigenvalue weighted by Gasteiger charge is -2.28. The zero-order chi connectivity index (χ0) is 20.8. The monoisotopic (exact) mass is 408 g/mol. The molecular weight excluding hydrogens is 380 g/mol. The molecule has 2 aromatic carbocycles. The quantitative estimate of drug-likeness (QED) is 0.593. The predicted molar refractivity (Wildman–Crippen MR) is 115 cm³/mol. The summed E-state index contributed by atoms with van der Waals surface area (Å²) in [7, 11) is 0. The number of imidazole rings is 1. The molecule has 2 heterocycles. The first-order chi connectivity index (χ1) is 14.7. The predicted octanol–water partition coefficient (Wildman–Crippen LogP) is 1.70. The maximum Gasteiger partial charge on any atom is 0.251 e. The third kappa shape index (κ3) is 5.05. The Morgan fingerprint density at radius 3 is 2.60 bits per heavy atom. The third-order valence-corrected chi connectivity index (χ3v) is 5.37. The summed E-state index contributed by atoms with van der Waals surface area (Å²) >= 11 is 0. The fourth-order valence-electron chi connectivity index (χ4n) is 3.85. The van der Waals surface area contributed by atoms with E-state index in [-0.39, 0.29) is 5.91 Å². The number of fused-ring (bicyclic) bond motifs is 1. The van der Waals surface area contributed by atoms with Gasteiger partial charge in [0.15, 0.2) is 0 Å². The van der Waals surface area contributed by atoms with Crippen LogP contribution in [-0.2, 0) is 17.7 Å². The van der Waals surface area contributed by atoms with Crippen molar-refractivity contribution in [1.82, 2.24) is 19.8 Å². The minimum Gasteiger partial charge on any atom is -0.390 e. The van der Waals surface area contributed by atoms with Crippen LogP contribution >= 0.6 is 0 Å². The van der Waals surface area contributed by atoms with Gasteiger partial charge in [-0.05, 0) is 24.3 Å². The topological polar surface area (TPSA) is 79.6 Å². The van der Waals surface area contributed by atoms with E-state index in [1.165, 1.54) is 0 Å². The lowest BCUT2D eigenvalue weighted by molar-refractivity contribution is 0.0116. The van der Waals surface area contributed by atoms with Crippen molar-refractivity contribution in [2.45, 2.75) is 19.1 Å². The molecule has 1 aromatic heterocycles. The molecule has 0 saturated carbocycles. The van der Waals surface area contributed by atoms with E-state index in [9.17, 15) is 9.90 Å². The van der Waals surface area contributed by atoms with Gasteiger partial charge >= 0.3 is 0 Å². The van der Waals surface area contributed by atoms with Gasteiger partial charge in [-0.15, -0.1) is 0 Å². The Bertz CT molecular complexity index is 967. The number of aromatic nitrogens is 2. The minimum atomic E-state index is -0.502. The SMILES string of the molecule is O=C(NCCc1nc2ccccc2n1CC(O)CN1CCOCC1)c1ccccc1. The van der Waals surface area contributed by atoms with Gasteiger partial charge in [-0.25, -0.2) is 4.98 Å². The van der Waals surface area contributed by atoms with Crippen molar-refractivity contribution in [1.29, 1.82) is 0 Å². The molecule has 0 spiro atoms. The molecule has 1 atom stereocenters. The number of nitrogens with one attached hydrogen (secondary N) is 1. The Labute approximate surface area is 176 Å². The van der Waals surface area contributed by atoms with Crippen LogP contribution in [0.4, 0.5) is 0 Å². The van der Waals surface area contributed by atoms with E-state index in [4.69, 9.17) is 9.72 Å². The Balaban J connectivity index is 1.42. The van der Waals surface area contributed by atoms with Crippen molar-refractivity contribution in [3.05, 3.63) is 66.0 Å². The van der Waals surface area contributed by atoms with Crippen LogP contribution in [0.15, 0.2) is 54.6 Å². The Hall–Kier alpha value is -2.74. The summed E-state index contributed by atoms with van der Waals surface area (Å²) < 4.78 is 7.46. The van der Waals surface area contributed by atoms with Gasteiger partial charge < -0.3 is 19.7 Å². The number of nitrogens with zero attached hydrogens (tertiary/aromatic N) is 3. The number of morpholine rings is 1. The summed E-state index contributed by atoms with van der Waals surface area (Å²) in [5.74, 6) is 0.774. The number of aliphatic hydroxyl groups is 1. The van der Waals surface area contributed by atoms with Crippen LogP contribution in [0.25, 0.3) is 11.0 Å². The van der Waals surface area contributed by atoms with Crippen LogP contribution in [0.5, 0.6) is 0 Å². The molecular formula is C23H28N4O3. The van der Waals surface area contributed by atoms with Gasteiger partial charge in [0.1, 0.15) is 5.82 Å². The first-order valence-electron chi connectivity index (χ1n) is 10.5. The van der Waals surface area contributed by atoms with Crippen LogP contribution in [-0.4, -0.2) is 71.0 Å². The van der Waals surface area contributed by atoms with E-state index < -0.39 is 6.10 Å². The molecule has 0 bridgehead atoms. The highest BCUT2D eigenvalue weighted by atomic mass is 16.5. The fraction of sp³-hybridized carbons (Fsp3) is 0.391. The number of para-hydroxylation sites is 2. The number of carbonyl (C=O) groups excluding carboxylic acids is 1. The van der Waals surface area contributed by atoms with E-state index in [0.29, 0.717) is 44.8 Å². The highest BCUT2D eigenvalue weighted by Gasteiger charge is 2.18. The van der Waals surface area contributed by atoms with Crippen molar-refractivity contribution in [3.8, 4) is 0 Å². The van der Waals surface area contributed by atoms with Gasteiger partial charge in [-0.1, -0.05) is 30.3 Å². The molecule has 158 valence electrons. The maximum atomic E-state index is 12.3. The van der Waals surface area contributed by atoms with Gasteiger partial charge in [0.05, 0.1) is 36.9 Å². The molecule has 1 unspecified atom stereocenters. The van der Waals surface area contributed by atoms with Crippen LogP contribution in [0, 0.1) is 0 Å². The Morgan fingerprint density at radius 1 is 1.07 bits per heavy atom. The third-order valence-electron chi connectivity index (χ3n) is 5.37. The Kier molecular flexibility index (Phi) is 6.74. The highest BCUT2D eigenvalue weighted by Crippen LogP contribution is 2.17. The lowest BCUT2D eigenvalue weighted by atomic mass is 10.2. The van der Waals surface area contributed by atoms with Crippen molar-refractivity contribution in [3.63, 3.8) is 0 Å². The number of benzene rings is 2. The van der Waals surface area contributed by atoms with E-state index in [0.717, 1.165) is 29.9 Å². The molecule has 3 aromatic rings. The summed E-state index contributed by atoms with van der Waals surface area (Å²) in [6.07, 6.45) is 0.0933. The number of aliphatic hydroxyl groups excluding tert-OH is 1. The molecule has 1 aliphatic heterocycles. The number of ether oxygens (including phenoxy) is 1. The van der Waals surface area contributed by atoms with Crippen molar-refractivity contribution >= 4 is 16.9 Å². The first kappa shape index (κ1) is 20.5. The van der Waals surface area contributed by atoms with Gasteiger partial charge in [0, 0.05) is 38.2 Å². The van der Waals surface area contributed by atoms with Crippen molar-refractivity contribution in [2.24, 2.45) is 0 Å². The number of hydrogen-bond acceptors (Lipinski definition) is 5. The molecule has 1 fully saturated rings. The minimum absolute atomic E-state index is 0.0920. The molecule has 1 amide bonds. The fourth-order valence-corrected chi connectivity index (χ4v) is 3.85. The van der Waals surface area contributed by atoms with Crippen molar-refractivity contribution < 1.29 is 14.6 Å². The molecule has 2 N–H and O–H groups in total. The first-order valence-corrected chi connectivity index (χ1v) is 10.5. The van der Waals surface area contributed by atoms with Gasteiger partial charge in [0.2, 0.25) is 0 Å². The average Bonchev–Trinajstić information content (AvgIpc) is 3.12. The molecule has 1 aliphatic rings. The number of amides is 1. The van der Waals surface area contributed by atoms with E-state index >= 15 is 0 Å². The molecule has 0 radical (unpaired) electrons. The second-order valence-corrected chi connectivity index (χ2v) is 7.57. The zero-order valence-electron chi connectivity index (χ0n) is 17.0. The zero-order valence-corrected chi connectivity index (χ0v) is 17.0. The smallest absolute Gasteiger partial charge is 0.251 e. The number of carbonyl (C=O) groups is 1. The van der Waals surface area contributed by atoms with Gasteiger partial charge in [-0.3, -0.25) is 9.69 Å². The standard InChI is InChI=1S/C23H28N4O3/c28-19(16-26-12-14-30-15-13-26)17-27-21-9-5-4-8-20(21)25-22(27)10-11-24-23(29)18-6-2-1-3-7-18/h1-9,19,28H,10-17H2,(H,24,29). The molecule has 7 nitrogen and oxygen atoms in total. The summed E-state index contributed by atoms with van der Waals surface area (Å²) in [6.45, 7) is 4.69. The van der Waals surface area contributed by atoms with Crippen molar-refractivity contribution in [2.75, 3.05) is 39.4 Å². The lowest BCUT2D eigenvalue weighted by Crippen LogP contribution is -2.42. The van der Waals surface area contributed by atoms with Crippen LogP contribution < -0.4 is 5.32 Å². The normalized spacial score (nSPS) is 15.9. The Morgan fingerprint density at radius 2 is 1.80 bits per heavy atom. The number of hydrogen-bond donors (Lipinski definition) is 2. The second-order valence-electron chi connectivity index (χ2n) is 7.57. The summed E-state index contributed by atoms with van der Waals surface area (Å²) in [5.41, 5.74) is 2.55. The molecule has 7 heteroatoms. The van der Waals surface area contributed by atoms with E-state index in [1.807, 2.05) is 42.5 Å². The number of rotatable bonds is 8. The molecule has 4 rings (SSSR count). The molecule has 30 heavy (non-hydrogen) atoms.